The van der Waals surface area contributed by atoms with Crippen LogP contribution in [-0.4, -0.2) is 136 Å². The molecule has 2 aliphatic heterocycles. The Labute approximate surface area is 418 Å². The van der Waals surface area contributed by atoms with Crippen LogP contribution < -0.4 is 37.6 Å². The molecular weight excluding hydrogens is 927 g/mol. The zero-order valence-electron chi connectivity index (χ0n) is 41.7. The van der Waals surface area contributed by atoms with Crippen LogP contribution in [0.4, 0.5) is 5.69 Å². The number of carbonyl (C=O) groups excluding carboxylic acids is 8. The van der Waals surface area contributed by atoms with Crippen LogP contribution in [0.1, 0.15) is 95.8 Å². The average Bonchev–Trinajstić information content (AvgIpc) is 4.00. The van der Waals surface area contributed by atoms with Gasteiger partial charge in [-0.1, -0.05) is 44.2 Å². The van der Waals surface area contributed by atoms with Crippen molar-refractivity contribution in [1.29, 1.82) is 0 Å². The van der Waals surface area contributed by atoms with E-state index in [0.29, 0.717) is 50.8 Å². The minimum atomic E-state index is -1.26. The van der Waals surface area contributed by atoms with Crippen molar-refractivity contribution in [1.82, 2.24) is 46.7 Å². The minimum Gasteiger partial charge on any atom is -0.368 e. The van der Waals surface area contributed by atoms with Gasteiger partial charge >= 0.3 is 0 Å². The summed E-state index contributed by atoms with van der Waals surface area (Å²) < 4.78 is 0. The highest BCUT2D eigenvalue weighted by atomic mass is 16.6. The number of nitrogens with one attached hydrogen (secondary N) is 7. The van der Waals surface area contributed by atoms with E-state index in [1.807, 2.05) is 31.5 Å². The third-order valence-electron chi connectivity index (χ3n) is 13.8. The third-order valence-corrected chi connectivity index (χ3v) is 13.8. The van der Waals surface area contributed by atoms with Crippen LogP contribution in [0.5, 0.6) is 0 Å². The first-order valence-corrected chi connectivity index (χ1v) is 24.9. The number of nitrogens with zero attached hydrogens (tertiary/aromatic N) is 3. The van der Waals surface area contributed by atoms with E-state index in [1.165, 1.54) is 48.6 Å². The first kappa shape index (κ1) is 54.2. The Hall–Kier alpha value is -7.16. The van der Waals surface area contributed by atoms with E-state index in [-0.39, 0.29) is 62.3 Å². The molecule has 0 bridgehead atoms. The summed E-state index contributed by atoms with van der Waals surface area (Å²) in [6.45, 7) is 7.39. The number of unbranched alkanes of at least 4 members (excludes halogenated alkanes) is 2. The monoisotopic (exact) mass is 996 g/mol. The molecule has 9 N–H and O–H groups in total. The Bertz CT molecular complexity index is 2540. The topological polar surface area (TPSA) is 300 Å². The number of non-ortho nitro benzene ring substituents is 1. The van der Waals surface area contributed by atoms with Crippen LogP contribution in [0.15, 0.2) is 54.7 Å². The molecule has 1 aromatic heterocycles. The number of nitro benzene ring substituents is 1. The molecule has 0 spiro atoms. The normalized spacial score (nSPS) is 18.9. The summed E-state index contributed by atoms with van der Waals surface area (Å²) >= 11 is 0. The van der Waals surface area contributed by atoms with Gasteiger partial charge in [-0.2, -0.15) is 0 Å². The molecule has 21 nitrogen and oxygen atoms in total. The summed E-state index contributed by atoms with van der Waals surface area (Å²) in [6, 6.07) is 6.53. The zero-order valence-corrected chi connectivity index (χ0v) is 41.7. The van der Waals surface area contributed by atoms with Crippen LogP contribution in [-0.2, 0) is 51.2 Å². The van der Waals surface area contributed by atoms with Crippen LogP contribution >= 0.6 is 0 Å². The molecule has 1 saturated heterocycles. The number of likely N-dealkylation sites (N-methyl/N-ethyl adjacent to an activating group) is 1. The number of aromatic nitrogens is 1. The second-order valence-electron chi connectivity index (χ2n) is 19.5. The number of fused-ring (bicyclic) bond motifs is 2. The lowest BCUT2D eigenvalue weighted by molar-refractivity contribution is -0.384. The Morgan fingerprint density at radius 3 is 2.17 bits per heavy atom. The van der Waals surface area contributed by atoms with Crippen LogP contribution in [0.25, 0.3) is 16.5 Å². The number of nitro groups is 1. The van der Waals surface area contributed by atoms with Crippen LogP contribution in [0.3, 0.4) is 0 Å². The molecule has 0 radical (unpaired) electrons. The largest absolute Gasteiger partial charge is 0.368 e. The van der Waals surface area contributed by atoms with Crippen molar-refractivity contribution < 1.29 is 43.3 Å². The van der Waals surface area contributed by atoms with Crippen molar-refractivity contribution >= 4 is 69.4 Å². The Morgan fingerprint density at radius 1 is 0.819 bits per heavy atom. The fourth-order valence-corrected chi connectivity index (χ4v) is 9.98. The first-order valence-electron chi connectivity index (χ1n) is 24.9. The van der Waals surface area contributed by atoms with E-state index < -0.39 is 82.4 Å². The molecule has 0 saturated carbocycles. The molecular formula is C51H69N11O10. The maximum atomic E-state index is 14.8. The molecule has 1 aliphatic carbocycles. The van der Waals surface area contributed by atoms with Gasteiger partial charge in [0, 0.05) is 81.7 Å². The lowest BCUT2D eigenvalue weighted by Crippen LogP contribution is -2.59. The molecule has 3 aromatic rings. The number of likely N-dealkylation sites (tertiary alicyclic amines) is 1. The van der Waals surface area contributed by atoms with E-state index in [0.717, 1.165) is 28.5 Å². The Balaban J connectivity index is 1.16. The molecule has 0 unspecified atom stereocenters. The molecule has 2 aromatic carbocycles. The van der Waals surface area contributed by atoms with Gasteiger partial charge in [0.05, 0.1) is 10.8 Å². The SMILES string of the molecule is CC(=O)NCCCC[C@H](NC(=O)[C@@H]1CCCN1C(=O)[C@H](Cc1ccc([N+](=O)[O-])cc1)NC(=O)[C@@H](NC(=O)[C@@H]1C=C2c3cccc4[nH]cc(c34)C[C@H]2N(C)C1)C(C)C)C(=O)NCCCC[C@H](NC(C)=O)C(N)=O. The zero-order chi connectivity index (χ0) is 52.2. The molecule has 3 heterocycles. The van der Waals surface area contributed by atoms with Gasteiger partial charge in [0.1, 0.15) is 30.2 Å². The smallest absolute Gasteiger partial charge is 0.269 e. The molecule has 7 atom stereocenters. The molecule has 388 valence electrons. The maximum absolute atomic E-state index is 14.8. The van der Waals surface area contributed by atoms with E-state index in [1.54, 1.807) is 13.8 Å². The molecule has 8 amide bonds. The minimum absolute atomic E-state index is 0.0723. The fraction of sp³-hybridized carbons (Fsp3) is 0.529. The first-order chi connectivity index (χ1) is 34.3. The van der Waals surface area contributed by atoms with E-state index >= 15 is 0 Å². The molecule has 3 aliphatic rings. The number of carbonyl (C=O) groups is 8. The molecule has 6 rings (SSSR count). The lowest BCUT2D eigenvalue weighted by atomic mass is 9.79. The third kappa shape index (κ3) is 13.8. The van der Waals surface area contributed by atoms with Crippen LogP contribution in [0, 0.1) is 22.0 Å². The number of benzene rings is 2. The average molecular weight is 996 g/mol. The van der Waals surface area contributed by atoms with Gasteiger partial charge in [0.25, 0.3) is 5.69 Å². The number of H-pyrrole nitrogens is 1. The fourth-order valence-electron chi connectivity index (χ4n) is 9.98. The van der Waals surface area contributed by atoms with Gasteiger partial charge in [-0.15, -0.1) is 0 Å². The summed E-state index contributed by atoms with van der Waals surface area (Å²) in [5, 5.41) is 29.4. The molecule has 1 fully saturated rings. The highest BCUT2D eigenvalue weighted by Crippen LogP contribution is 2.41. The van der Waals surface area contributed by atoms with Crippen molar-refractivity contribution in [3.63, 3.8) is 0 Å². The molecule has 72 heavy (non-hydrogen) atoms. The van der Waals surface area contributed by atoms with Gasteiger partial charge in [0.2, 0.25) is 47.3 Å². The van der Waals surface area contributed by atoms with Crippen molar-refractivity contribution in [2.45, 2.75) is 128 Å². The summed E-state index contributed by atoms with van der Waals surface area (Å²) in [5.41, 5.74) is 10.1. The number of hydrogen-bond acceptors (Lipinski definition) is 11. The number of nitrogens with two attached hydrogens (primary N) is 1. The van der Waals surface area contributed by atoms with Gasteiger partial charge in [-0.3, -0.25) is 53.4 Å². The maximum Gasteiger partial charge on any atom is 0.269 e. The number of rotatable bonds is 24. The summed E-state index contributed by atoms with van der Waals surface area (Å²) in [6.07, 6.45) is 7.79. The predicted octanol–water partition coefficient (Wildman–Crippen LogP) is 1.87. The van der Waals surface area contributed by atoms with E-state index in [4.69, 9.17) is 5.73 Å². The number of amides is 8. The van der Waals surface area contributed by atoms with Crippen molar-refractivity contribution in [2.24, 2.45) is 17.6 Å². The standard InChI is InChI=1S/C51H69N11O10/c1-29(2)45(59-47(66)34-25-37-36-12-10-15-38-44(36)33(27-55-38)26-43(37)60(5)28-34)50(69)58-41(24-32-17-19-35(20-18-32)62(71)72)51(70)61-23-11-16-42(61)49(68)57-40(14-7-8-21-53-30(3)63)48(67)54-22-9-6-13-39(46(52)65)56-31(4)64/h10,12,15,17-20,25,27,29,34,39-43,45,55H,6-9,11,13-14,16,21-24,26,28H2,1-5H3,(H2,52,65)(H,53,63)(H,54,67)(H,56,64)(H,57,68)(H,58,69)(H,59,66)/t34-,39+,40+,41+,42+,43-,45+/m1/s1. The summed E-state index contributed by atoms with van der Waals surface area (Å²) in [7, 11) is 1.99. The van der Waals surface area contributed by atoms with Crippen molar-refractivity contribution in [3.8, 4) is 0 Å². The van der Waals surface area contributed by atoms with Gasteiger partial charge in [0.15, 0.2) is 0 Å². The highest BCUT2D eigenvalue weighted by Gasteiger charge is 2.41. The highest BCUT2D eigenvalue weighted by molar-refractivity contribution is 6.00. The Morgan fingerprint density at radius 2 is 1.51 bits per heavy atom. The quantitative estimate of drug-likeness (QED) is 0.0364. The summed E-state index contributed by atoms with van der Waals surface area (Å²) in [4.78, 5) is 124. The van der Waals surface area contributed by atoms with Gasteiger partial charge < -0.3 is 47.5 Å². The summed E-state index contributed by atoms with van der Waals surface area (Å²) in [5.74, 6) is -4.89. The predicted molar refractivity (Wildman–Crippen MR) is 268 cm³/mol. The number of aromatic amines is 1. The van der Waals surface area contributed by atoms with E-state index in [9.17, 15) is 48.5 Å². The van der Waals surface area contributed by atoms with Gasteiger partial charge in [-0.05, 0) is 99.1 Å². The second kappa shape index (κ2) is 24.8. The van der Waals surface area contributed by atoms with Crippen LogP contribution in [0.2, 0.25) is 0 Å². The number of primary amides is 1. The van der Waals surface area contributed by atoms with Crippen molar-refractivity contribution in [3.05, 3.63) is 81.5 Å². The van der Waals surface area contributed by atoms with Gasteiger partial charge in [-0.25, -0.2) is 0 Å². The van der Waals surface area contributed by atoms with E-state index in [2.05, 4.69) is 47.9 Å². The molecule has 21 heteroatoms. The Kier molecular flexibility index (Phi) is 18.7. The number of hydrogen-bond donors (Lipinski definition) is 8. The van der Waals surface area contributed by atoms with Crippen molar-refractivity contribution in [2.75, 3.05) is 33.2 Å². The second-order valence-corrected chi connectivity index (χ2v) is 19.5. The lowest BCUT2D eigenvalue weighted by Gasteiger charge is -2.39.